The zero-order valence-corrected chi connectivity index (χ0v) is 9.28. The molecule has 0 aliphatic carbocycles. The highest BCUT2D eigenvalue weighted by molar-refractivity contribution is 7.12. The summed E-state index contributed by atoms with van der Waals surface area (Å²) in [6.45, 7) is 1.50. The Hall–Kier alpha value is -1.55. The molecule has 0 spiro atoms. The number of hydrogen-bond acceptors (Lipinski definition) is 2. The molecule has 16 heavy (non-hydrogen) atoms. The van der Waals surface area contributed by atoms with Crippen LogP contribution in [0.4, 0.5) is 8.78 Å². The Bertz CT molecular complexity index is 532. The summed E-state index contributed by atoms with van der Waals surface area (Å²) >= 11 is 1.23. The van der Waals surface area contributed by atoms with E-state index in [0.717, 1.165) is 6.07 Å². The third-order valence-corrected chi connectivity index (χ3v) is 3.11. The second-order valence-electron chi connectivity index (χ2n) is 3.39. The number of halogens is 2. The number of ketones is 1. The van der Waals surface area contributed by atoms with Crippen LogP contribution in [0.1, 0.15) is 20.8 Å². The van der Waals surface area contributed by atoms with Crippen molar-refractivity contribution in [3.8, 4) is 0 Å². The summed E-state index contributed by atoms with van der Waals surface area (Å²) in [7, 11) is 0. The van der Waals surface area contributed by atoms with E-state index in [1.807, 2.05) is 0 Å². The quantitative estimate of drug-likeness (QED) is 0.731. The van der Waals surface area contributed by atoms with E-state index in [1.165, 1.54) is 24.3 Å². The van der Waals surface area contributed by atoms with Gasteiger partial charge in [-0.15, -0.1) is 11.3 Å². The molecule has 2 rings (SSSR count). The summed E-state index contributed by atoms with van der Waals surface area (Å²) in [5, 5.41) is 1.74. The lowest BCUT2D eigenvalue weighted by molar-refractivity contribution is 0.103. The predicted molar refractivity (Wildman–Crippen MR) is 58.8 cm³/mol. The minimum Gasteiger partial charge on any atom is -0.288 e. The maximum atomic E-state index is 13.4. The molecule has 0 atom stereocenters. The van der Waals surface area contributed by atoms with Gasteiger partial charge in [-0.1, -0.05) is 6.07 Å². The van der Waals surface area contributed by atoms with E-state index in [-0.39, 0.29) is 11.1 Å². The predicted octanol–water partition coefficient (Wildman–Crippen LogP) is 3.57. The molecule has 1 aromatic heterocycles. The number of thiophene rings is 1. The lowest BCUT2D eigenvalue weighted by atomic mass is 10.1. The van der Waals surface area contributed by atoms with Crippen molar-refractivity contribution in [2.45, 2.75) is 6.92 Å². The molecule has 1 aromatic carbocycles. The minimum absolute atomic E-state index is 0.0821. The monoisotopic (exact) mass is 238 g/mol. The van der Waals surface area contributed by atoms with Gasteiger partial charge in [-0.05, 0) is 30.0 Å². The fraction of sp³-hybridized carbons (Fsp3) is 0.0833. The second-order valence-corrected chi connectivity index (χ2v) is 4.34. The molecule has 0 N–H and O–H groups in total. The molecular weight excluding hydrogens is 230 g/mol. The first kappa shape index (κ1) is 11.0. The fourth-order valence-corrected chi connectivity index (χ4v) is 2.05. The van der Waals surface area contributed by atoms with E-state index in [2.05, 4.69) is 0 Å². The van der Waals surface area contributed by atoms with E-state index in [9.17, 15) is 13.6 Å². The molecule has 0 radical (unpaired) electrons. The number of rotatable bonds is 2. The van der Waals surface area contributed by atoms with Gasteiger partial charge < -0.3 is 0 Å². The zero-order chi connectivity index (χ0) is 11.7. The number of carbonyl (C=O) groups excluding carboxylic acids is 1. The fourth-order valence-electron chi connectivity index (χ4n) is 1.37. The van der Waals surface area contributed by atoms with Crippen LogP contribution in [-0.2, 0) is 0 Å². The number of carbonyl (C=O) groups is 1. The third kappa shape index (κ3) is 1.88. The van der Waals surface area contributed by atoms with Crippen molar-refractivity contribution in [2.75, 3.05) is 0 Å². The maximum absolute atomic E-state index is 13.4. The van der Waals surface area contributed by atoms with Crippen LogP contribution < -0.4 is 0 Å². The van der Waals surface area contributed by atoms with Gasteiger partial charge >= 0.3 is 0 Å². The molecule has 0 unspecified atom stereocenters. The Morgan fingerprint density at radius 1 is 1.25 bits per heavy atom. The average molecular weight is 238 g/mol. The van der Waals surface area contributed by atoms with Gasteiger partial charge in [-0.2, -0.15) is 0 Å². The Kier molecular flexibility index (Phi) is 2.83. The Morgan fingerprint density at radius 2 is 2.00 bits per heavy atom. The molecule has 0 saturated carbocycles. The van der Waals surface area contributed by atoms with Crippen molar-refractivity contribution in [2.24, 2.45) is 0 Å². The number of hydrogen-bond donors (Lipinski definition) is 0. The van der Waals surface area contributed by atoms with Gasteiger partial charge in [-0.25, -0.2) is 8.78 Å². The van der Waals surface area contributed by atoms with Crippen molar-refractivity contribution in [3.63, 3.8) is 0 Å². The van der Waals surface area contributed by atoms with Crippen molar-refractivity contribution in [1.82, 2.24) is 0 Å². The normalized spacial score (nSPS) is 10.4. The standard InChI is InChI=1S/C12H8F2OS/c1-7-5-8(10(14)6-9(7)13)12(15)11-3-2-4-16-11/h2-6H,1H3. The van der Waals surface area contributed by atoms with E-state index in [1.54, 1.807) is 17.5 Å². The summed E-state index contributed by atoms with van der Waals surface area (Å²) in [5.41, 5.74) is 0.183. The first-order valence-corrected chi connectivity index (χ1v) is 5.51. The van der Waals surface area contributed by atoms with Crippen LogP contribution in [0.3, 0.4) is 0 Å². The van der Waals surface area contributed by atoms with Crippen LogP contribution >= 0.6 is 11.3 Å². The maximum Gasteiger partial charge on any atom is 0.205 e. The Balaban J connectivity index is 2.49. The van der Waals surface area contributed by atoms with Crippen LogP contribution in [0.5, 0.6) is 0 Å². The lowest BCUT2D eigenvalue weighted by Gasteiger charge is -2.03. The molecule has 0 aliphatic rings. The van der Waals surface area contributed by atoms with Gasteiger partial charge in [0.2, 0.25) is 5.78 Å². The van der Waals surface area contributed by atoms with Gasteiger partial charge in [0.05, 0.1) is 10.4 Å². The van der Waals surface area contributed by atoms with E-state index >= 15 is 0 Å². The highest BCUT2D eigenvalue weighted by atomic mass is 32.1. The van der Waals surface area contributed by atoms with Crippen LogP contribution in [0, 0.1) is 18.6 Å². The van der Waals surface area contributed by atoms with E-state index in [0.29, 0.717) is 4.88 Å². The largest absolute Gasteiger partial charge is 0.288 e. The molecule has 82 valence electrons. The molecule has 0 bridgehead atoms. The Morgan fingerprint density at radius 3 is 2.62 bits per heavy atom. The van der Waals surface area contributed by atoms with Gasteiger partial charge in [-0.3, -0.25) is 4.79 Å². The zero-order valence-electron chi connectivity index (χ0n) is 8.46. The molecule has 1 heterocycles. The Labute approximate surface area is 95.4 Å². The average Bonchev–Trinajstić information content (AvgIpc) is 2.75. The topological polar surface area (TPSA) is 17.1 Å². The highest BCUT2D eigenvalue weighted by Crippen LogP contribution is 2.20. The molecule has 2 aromatic rings. The van der Waals surface area contributed by atoms with Crippen LogP contribution in [0.25, 0.3) is 0 Å². The number of benzene rings is 1. The van der Waals surface area contributed by atoms with Crippen molar-refractivity contribution in [1.29, 1.82) is 0 Å². The summed E-state index contributed by atoms with van der Waals surface area (Å²) in [4.78, 5) is 12.3. The highest BCUT2D eigenvalue weighted by Gasteiger charge is 2.16. The number of aryl methyl sites for hydroxylation is 1. The molecular formula is C12H8F2OS. The lowest BCUT2D eigenvalue weighted by Crippen LogP contribution is -2.04. The van der Waals surface area contributed by atoms with Crippen molar-refractivity contribution in [3.05, 3.63) is 57.3 Å². The van der Waals surface area contributed by atoms with Gasteiger partial charge in [0, 0.05) is 6.07 Å². The van der Waals surface area contributed by atoms with Crippen LogP contribution in [0.15, 0.2) is 29.6 Å². The van der Waals surface area contributed by atoms with Gasteiger partial charge in [0.1, 0.15) is 11.6 Å². The van der Waals surface area contributed by atoms with E-state index < -0.39 is 17.4 Å². The summed E-state index contributed by atoms with van der Waals surface area (Å²) in [6.07, 6.45) is 0. The SMILES string of the molecule is Cc1cc(C(=O)c2cccs2)c(F)cc1F. The first-order valence-electron chi connectivity index (χ1n) is 4.63. The molecule has 0 saturated heterocycles. The third-order valence-electron chi connectivity index (χ3n) is 2.24. The second kappa shape index (κ2) is 4.14. The first-order chi connectivity index (χ1) is 7.59. The van der Waals surface area contributed by atoms with Gasteiger partial charge in [0.25, 0.3) is 0 Å². The van der Waals surface area contributed by atoms with E-state index in [4.69, 9.17) is 0 Å². The molecule has 0 amide bonds. The van der Waals surface area contributed by atoms with Crippen LogP contribution in [-0.4, -0.2) is 5.78 Å². The van der Waals surface area contributed by atoms with Crippen molar-refractivity contribution >= 4 is 17.1 Å². The smallest absolute Gasteiger partial charge is 0.205 e. The molecule has 0 fully saturated rings. The minimum atomic E-state index is -0.818. The van der Waals surface area contributed by atoms with Crippen molar-refractivity contribution < 1.29 is 13.6 Å². The van der Waals surface area contributed by atoms with Crippen LogP contribution in [0.2, 0.25) is 0 Å². The molecule has 0 aliphatic heterocycles. The summed E-state index contributed by atoms with van der Waals surface area (Å²) in [6, 6.07) is 5.32. The molecule has 4 heteroatoms. The summed E-state index contributed by atoms with van der Waals surface area (Å²) < 4.78 is 26.4. The summed E-state index contributed by atoms with van der Waals surface area (Å²) in [5.74, 6) is -1.86. The molecule has 1 nitrogen and oxygen atoms in total. The van der Waals surface area contributed by atoms with Gasteiger partial charge in [0.15, 0.2) is 0 Å².